The third kappa shape index (κ3) is 6.79. The second-order valence-corrected chi connectivity index (χ2v) is 15.6. The van der Waals surface area contributed by atoms with Crippen LogP contribution in [0.15, 0.2) is 60.9 Å². The first-order valence-electron chi connectivity index (χ1n) is 18.7. The first-order valence-corrected chi connectivity index (χ1v) is 19.1. The number of carbonyl (C=O) groups is 2. The van der Waals surface area contributed by atoms with Crippen LogP contribution >= 0.6 is 11.6 Å². The minimum absolute atomic E-state index is 0.169. The van der Waals surface area contributed by atoms with E-state index in [4.69, 9.17) is 16.3 Å². The number of amides is 2. The first-order chi connectivity index (χ1) is 25.7. The summed E-state index contributed by atoms with van der Waals surface area (Å²) in [5.74, 6) is 2.01. The molecule has 3 atom stereocenters. The Balaban J connectivity index is 0.766. The number of piperidine rings is 3. The van der Waals surface area contributed by atoms with Gasteiger partial charge in [0.25, 0.3) is 0 Å². The van der Waals surface area contributed by atoms with E-state index in [1.165, 1.54) is 37.1 Å². The Morgan fingerprint density at radius 2 is 1.81 bits per heavy atom. The molecule has 5 aliphatic heterocycles. The van der Waals surface area contributed by atoms with E-state index >= 15 is 0 Å². The fraction of sp³-hybridized carbons (Fsp3) is 0.425. The number of pyridine rings is 1. The molecule has 2 unspecified atom stereocenters. The van der Waals surface area contributed by atoms with Gasteiger partial charge in [-0.25, -0.2) is 9.97 Å². The predicted octanol–water partition coefficient (Wildman–Crippen LogP) is 5.81. The van der Waals surface area contributed by atoms with Crippen molar-refractivity contribution in [1.29, 1.82) is 0 Å². The Morgan fingerprint density at radius 1 is 1.02 bits per heavy atom. The number of carbonyl (C=O) groups excluding carboxylic acids is 2. The van der Waals surface area contributed by atoms with Gasteiger partial charge in [-0.2, -0.15) is 5.10 Å². The molecule has 13 heteroatoms. The fourth-order valence-corrected chi connectivity index (χ4v) is 9.02. The van der Waals surface area contributed by atoms with E-state index in [0.717, 1.165) is 49.5 Å². The molecule has 0 aliphatic carbocycles. The van der Waals surface area contributed by atoms with Gasteiger partial charge in [-0.15, -0.1) is 0 Å². The minimum atomic E-state index is -0.243. The van der Waals surface area contributed by atoms with Crippen molar-refractivity contribution in [2.45, 2.75) is 63.6 Å². The number of aromatic nitrogens is 5. The van der Waals surface area contributed by atoms with Crippen LogP contribution in [-0.4, -0.2) is 91.2 Å². The summed E-state index contributed by atoms with van der Waals surface area (Å²) in [7, 11) is 1.89. The lowest BCUT2D eigenvalue weighted by atomic mass is 9.84. The van der Waals surface area contributed by atoms with Crippen molar-refractivity contribution in [3.63, 3.8) is 0 Å². The quantitative estimate of drug-likeness (QED) is 0.181. The summed E-state index contributed by atoms with van der Waals surface area (Å²) >= 11 is 6.58. The second kappa shape index (κ2) is 13.9. The number of hydrogen-bond donors (Lipinski definition) is 2. The number of nitrogens with zero attached hydrogens (tertiary/aromatic N) is 7. The zero-order chi connectivity index (χ0) is 36.2. The van der Waals surface area contributed by atoms with Gasteiger partial charge < -0.3 is 14.6 Å². The van der Waals surface area contributed by atoms with Crippen molar-refractivity contribution < 1.29 is 14.3 Å². The molecule has 0 radical (unpaired) electrons. The van der Waals surface area contributed by atoms with Crippen molar-refractivity contribution in [2.24, 2.45) is 13.0 Å². The van der Waals surface area contributed by atoms with Crippen LogP contribution in [0, 0.1) is 12.8 Å². The highest BCUT2D eigenvalue weighted by Gasteiger charge is 2.45. The van der Waals surface area contributed by atoms with Crippen molar-refractivity contribution in [3.05, 3.63) is 82.8 Å². The maximum atomic E-state index is 12.5. The molecule has 5 fully saturated rings. The zero-order valence-corrected chi connectivity index (χ0v) is 30.9. The van der Waals surface area contributed by atoms with Crippen LogP contribution in [0.25, 0.3) is 22.6 Å². The van der Waals surface area contributed by atoms with Gasteiger partial charge in [-0.3, -0.25) is 29.4 Å². The summed E-state index contributed by atoms with van der Waals surface area (Å²) in [4.78, 5) is 44.3. The molecule has 2 amide bonds. The number of benzene rings is 2. The van der Waals surface area contributed by atoms with Gasteiger partial charge >= 0.3 is 0 Å². The minimum Gasteiger partial charge on any atom is -0.453 e. The monoisotopic (exact) mass is 733 g/mol. The number of halogens is 1. The van der Waals surface area contributed by atoms with Crippen LogP contribution in [0.1, 0.15) is 54.8 Å². The molecule has 10 rings (SSSR count). The lowest BCUT2D eigenvalue weighted by molar-refractivity contribution is -0.134. The van der Waals surface area contributed by atoms with Gasteiger partial charge in [-0.05, 0) is 73.9 Å². The van der Waals surface area contributed by atoms with Crippen LogP contribution in [0.3, 0.4) is 0 Å². The van der Waals surface area contributed by atoms with E-state index in [2.05, 4.69) is 64.3 Å². The number of imide groups is 1. The van der Waals surface area contributed by atoms with Crippen molar-refractivity contribution in [3.8, 4) is 22.9 Å². The lowest BCUT2D eigenvalue weighted by Crippen LogP contribution is -2.69. The maximum absolute atomic E-state index is 12.5. The summed E-state index contributed by atoms with van der Waals surface area (Å²) < 4.78 is 8.09. The summed E-state index contributed by atoms with van der Waals surface area (Å²) in [6.07, 6.45) is 8.15. The Morgan fingerprint density at radius 3 is 2.55 bits per heavy atom. The van der Waals surface area contributed by atoms with E-state index in [9.17, 15) is 9.59 Å². The molecule has 5 aromatic rings. The van der Waals surface area contributed by atoms with E-state index in [1.807, 2.05) is 44.4 Å². The summed E-state index contributed by atoms with van der Waals surface area (Å²) in [6, 6.07) is 17.9. The highest BCUT2D eigenvalue weighted by atomic mass is 35.5. The molecule has 12 nitrogen and oxygen atoms in total. The molecule has 53 heavy (non-hydrogen) atoms. The van der Waals surface area contributed by atoms with Crippen LogP contribution < -0.4 is 15.0 Å². The third-order valence-corrected chi connectivity index (χ3v) is 11.9. The van der Waals surface area contributed by atoms with Gasteiger partial charge in [0.15, 0.2) is 11.4 Å². The highest BCUT2D eigenvalue weighted by Crippen LogP contribution is 2.38. The van der Waals surface area contributed by atoms with Crippen LogP contribution in [0.5, 0.6) is 11.5 Å². The lowest BCUT2D eigenvalue weighted by Gasteiger charge is -2.57. The van der Waals surface area contributed by atoms with Gasteiger partial charge in [0.05, 0.1) is 23.4 Å². The molecule has 8 heterocycles. The van der Waals surface area contributed by atoms with Crippen molar-refractivity contribution >= 4 is 40.3 Å². The number of fused-ring (bicyclic) bond motifs is 3. The van der Waals surface area contributed by atoms with Gasteiger partial charge in [0, 0.05) is 76.7 Å². The maximum Gasteiger partial charge on any atom is 0.234 e. The molecule has 5 saturated heterocycles. The highest BCUT2D eigenvalue weighted by molar-refractivity contribution is 6.32. The number of hydrogen-bond acceptors (Lipinski definition) is 9. The SMILES string of the molecule is Cc1nn(C)cc1-c1nc2ncc(Cl)c(Oc3ccc(CN4CC5CC(C4)N5CC4CCN(c5cccc([C@H]6CCC(=O)NC6=O)c5)CC4)cc3)c2[nH]1. The average molecular weight is 734 g/mol. The van der Waals surface area contributed by atoms with Crippen LogP contribution in [0.4, 0.5) is 5.69 Å². The number of piperazine rings is 1. The largest absolute Gasteiger partial charge is 0.453 e. The van der Waals surface area contributed by atoms with E-state index in [0.29, 0.717) is 64.4 Å². The topological polar surface area (TPSA) is 125 Å². The predicted molar refractivity (Wildman–Crippen MR) is 203 cm³/mol. The third-order valence-electron chi connectivity index (χ3n) is 11.6. The number of aryl methyl sites for hydroxylation is 2. The molecular formula is C40H44ClN9O3. The number of rotatable bonds is 9. The Labute approximate surface area is 313 Å². The van der Waals surface area contributed by atoms with E-state index < -0.39 is 0 Å². The van der Waals surface area contributed by atoms with Crippen molar-refractivity contribution in [2.75, 3.05) is 37.6 Å². The average Bonchev–Trinajstić information content (AvgIpc) is 3.74. The zero-order valence-electron chi connectivity index (χ0n) is 30.1. The molecule has 274 valence electrons. The molecule has 0 saturated carbocycles. The normalized spacial score (nSPS) is 22.6. The number of nitrogens with one attached hydrogen (secondary N) is 2. The summed E-state index contributed by atoms with van der Waals surface area (Å²) in [6.45, 7) is 8.33. The van der Waals surface area contributed by atoms with E-state index in [-0.39, 0.29) is 17.7 Å². The van der Waals surface area contributed by atoms with Gasteiger partial charge in [-0.1, -0.05) is 35.9 Å². The van der Waals surface area contributed by atoms with Gasteiger partial charge in [0.2, 0.25) is 11.8 Å². The summed E-state index contributed by atoms with van der Waals surface area (Å²) in [5, 5.41) is 7.35. The fourth-order valence-electron chi connectivity index (χ4n) is 8.83. The molecule has 0 spiro atoms. The molecule has 2 N–H and O–H groups in total. The van der Waals surface area contributed by atoms with E-state index in [1.54, 1.807) is 10.9 Å². The molecular weight excluding hydrogens is 690 g/mol. The molecule has 3 aromatic heterocycles. The van der Waals surface area contributed by atoms with Crippen LogP contribution in [0.2, 0.25) is 5.02 Å². The number of H-pyrrole nitrogens is 1. The second-order valence-electron chi connectivity index (χ2n) is 15.2. The Hall–Kier alpha value is -4.78. The van der Waals surface area contributed by atoms with Gasteiger partial charge in [0.1, 0.15) is 22.1 Å². The number of ether oxygens (including phenoxy) is 1. The molecule has 2 aromatic carbocycles. The summed E-state index contributed by atoms with van der Waals surface area (Å²) in [5.41, 5.74) is 6.43. The van der Waals surface area contributed by atoms with Crippen LogP contribution in [-0.2, 0) is 23.2 Å². The molecule has 2 bridgehead atoms. The molecule has 5 aliphatic rings. The first kappa shape index (κ1) is 34.0. The Kier molecular flexibility index (Phi) is 8.92. The standard InChI is InChI=1S/C40H44ClN9O3/c1-24-33(23-47(2)46-24)38-44-36-37(34(41)18-42-39(36)45-38)53-31-8-6-25(7-9-31)19-48-21-29-17-30(22-48)50(29)20-26-12-14-49(15-13-26)28-5-3-4-27(16-28)32-10-11-35(51)43-40(32)52/h3-9,16,18,23,26,29-30,32H,10-15,17,19-22H2,1-2H3,(H,42,44,45)(H,43,51,52)/t29?,30?,32-/m1/s1. The number of anilines is 1. The van der Waals surface area contributed by atoms with Crippen molar-refractivity contribution in [1.82, 2.24) is 39.8 Å². The number of imidazole rings is 1. The smallest absolute Gasteiger partial charge is 0.234 e. The number of aromatic amines is 1. The Bertz CT molecular complexity index is 2160.